The summed E-state index contributed by atoms with van der Waals surface area (Å²) in [6, 6.07) is 0. The Balaban J connectivity index is 2.09. The summed E-state index contributed by atoms with van der Waals surface area (Å²) < 4.78 is 1.62. The second-order valence-electron chi connectivity index (χ2n) is 5.76. The van der Waals surface area contributed by atoms with E-state index in [1.807, 2.05) is 6.92 Å². The van der Waals surface area contributed by atoms with Gasteiger partial charge in [-0.25, -0.2) is 0 Å². The van der Waals surface area contributed by atoms with Gasteiger partial charge in [0.05, 0.1) is 11.3 Å². The van der Waals surface area contributed by atoms with Gasteiger partial charge >= 0.3 is 5.97 Å². The van der Waals surface area contributed by atoms with Gasteiger partial charge < -0.3 is 10.0 Å². The number of piperidine rings is 1. The standard InChI is InChI=1S/C15H22ClN3O3/c1-3-19-14(16)13(10(2)17-19)15(22)18-8-4-5-11(9-18)6-7-12(20)21/h11H,3-9H2,1-2H3,(H,20,21)/t11-/m1/s1. The van der Waals surface area contributed by atoms with E-state index in [2.05, 4.69) is 5.10 Å². The van der Waals surface area contributed by atoms with Gasteiger partial charge in [0, 0.05) is 26.1 Å². The van der Waals surface area contributed by atoms with E-state index in [1.165, 1.54) is 0 Å². The third-order valence-electron chi connectivity index (χ3n) is 4.15. The number of likely N-dealkylation sites (tertiary alicyclic amines) is 1. The van der Waals surface area contributed by atoms with Crippen LogP contribution in [0.1, 0.15) is 48.7 Å². The second kappa shape index (κ2) is 7.13. The lowest BCUT2D eigenvalue weighted by Gasteiger charge is -2.32. The number of hydrogen-bond acceptors (Lipinski definition) is 3. The molecule has 0 radical (unpaired) electrons. The number of carbonyl (C=O) groups is 2. The fourth-order valence-corrected chi connectivity index (χ4v) is 3.35. The molecular weight excluding hydrogens is 306 g/mol. The molecule has 0 saturated carbocycles. The molecule has 0 aliphatic carbocycles. The fraction of sp³-hybridized carbons (Fsp3) is 0.667. The summed E-state index contributed by atoms with van der Waals surface area (Å²) in [4.78, 5) is 25.2. The van der Waals surface area contributed by atoms with Crippen molar-refractivity contribution in [3.05, 3.63) is 16.4 Å². The molecule has 1 atom stereocenters. The Bertz CT molecular complexity index is 571. The van der Waals surface area contributed by atoms with Crippen molar-refractivity contribution in [1.82, 2.24) is 14.7 Å². The highest BCUT2D eigenvalue weighted by molar-refractivity contribution is 6.33. The third-order valence-corrected chi connectivity index (χ3v) is 4.54. The van der Waals surface area contributed by atoms with Crippen LogP contribution in [-0.2, 0) is 11.3 Å². The van der Waals surface area contributed by atoms with Crippen LogP contribution < -0.4 is 0 Å². The third kappa shape index (κ3) is 3.61. The first-order valence-electron chi connectivity index (χ1n) is 7.68. The summed E-state index contributed by atoms with van der Waals surface area (Å²) in [5, 5.41) is 13.5. The maximum absolute atomic E-state index is 12.7. The van der Waals surface area contributed by atoms with Crippen molar-refractivity contribution in [2.45, 2.75) is 46.1 Å². The van der Waals surface area contributed by atoms with E-state index in [4.69, 9.17) is 16.7 Å². The maximum atomic E-state index is 12.7. The van der Waals surface area contributed by atoms with E-state index in [-0.39, 0.29) is 18.2 Å². The van der Waals surface area contributed by atoms with Crippen LogP contribution >= 0.6 is 11.6 Å². The number of carboxylic acid groups (broad SMARTS) is 1. The number of amides is 1. The Kier molecular flexibility index (Phi) is 5.45. The molecule has 2 heterocycles. The van der Waals surface area contributed by atoms with E-state index in [9.17, 15) is 9.59 Å². The first kappa shape index (κ1) is 16.8. The first-order valence-corrected chi connectivity index (χ1v) is 8.05. The van der Waals surface area contributed by atoms with E-state index in [0.717, 1.165) is 12.8 Å². The summed E-state index contributed by atoms with van der Waals surface area (Å²) >= 11 is 6.26. The van der Waals surface area contributed by atoms with Crippen LogP contribution in [0.5, 0.6) is 0 Å². The average molecular weight is 328 g/mol. The minimum Gasteiger partial charge on any atom is -0.481 e. The normalized spacial score (nSPS) is 18.5. The summed E-state index contributed by atoms with van der Waals surface area (Å²) in [5.41, 5.74) is 1.12. The molecule has 7 heteroatoms. The van der Waals surface area contributed by atoms with Crippen molar-refractivity contribution in [2.24, 2.45) is 5.92 Å². The van der Waals surface area contributed by atoms with Crippen molar-refractivity contribution >= 4 is 23.5 Å². The molecule has 1 aliphatic heterocycles. The van der Waals surface area contributed by atoms with E-state index in [0.29, 0.717) is 42.5 Å². The summed E-state index contributed by atoms with van der Waals surface area (Å²) in [6.07, 6.45) is 2.63. The summed E-state index contributed by atoms with van der Waals surface area (Å²) in [5.74, 6) is -0.636. The van der Waals surface area contributed by atoms with Crippen LogP contribution in [0.25, 0.3) is 0 Å². The minimum absolute atomic E-state index is 0.0952. The molecule has 0 spiro atoms. The number of aromatic nitrogens is 2. The Hall–Kier alpha value is -1.56. The molecule has 22 heavy (non-hydrogen) atoms. The van der Waals surface area contributed by atoms with E-state index < -0.39 is 5.97 Å². The molecule has 6 nitrogen and oxygen atoms in total. The quantitative estimate of drug-likeness (QED) is 0.902. The number of hydrogen-bond donors (Lipinski definition) is 1. The number of carboxylic acids is 1. The van der Waals surface area contributed by atoms with Crippen molar-refractivity contribution in [3.8, 4) is 0 Å². The van der Waals surface area contributed by atoms with Gasteiger partial charge in [0.15, 0.2) is 0 Å². The van der Waals surface area contributed by atoms with Crippen LogP contribution in [0.4, 0.5) is 0 Å². The minimum atomic E-state index is -0.786. The number of nitrogens with zero attached hydrogens (tertiary/aromatic N) is 3. The maximum Gasteiger partial charge on any atom is 0.303 e. The molecule has 1 saturated heterocycles. The van der Waals surface area contributed by atoms with Crippen LogP contribution in [0.15, 0.2) is 0 Å². The van der Waals surface area contributed by atoms with Crippen molar-refractivity contribution in [2.75, 3.05) is 13.1 Å². The van der Waals surface area contributed by atoms with Crippen molar-refractivity contribution in [1.29, 1.82) is 0 Å². The summed E-state index contributed by atoms with van der Waals surface area (Å²) in [7, 11) is 0. The van der Waals surface area contributed by atoms with Crippen molar-refractivity contribution in [3.63, 3.8) is 0 Å². The van der Waals surface area contributed by atoms with Crippen LogP contribution in [0.2, 0.25) is 5.15 Å². The monoisotopic (exact) mass is 327 g/mol. The molecule has 1 fully saturated rings. The number of aryl methyl sites for hydroxylation is 2. The van der Waals surface area contributed by atoms with Crippen LogP contribution in [0.3, 0.4) is 0 Å². The van der Waals surface area contributed by atoms with Crippen molar-refractivity contribution < 1.29 is 14.7 Å². The Morgan fingerprint density at radius 3 is 2.77 bits per heavy atom. The van der Waals surface area contributed by atoms with Gasteiger partial charge in [-0.2, -0.15) is 5.10 Å². The molecule has 0 aromatic carbocycles. The molecule has 1 aliphatic rings. The molecule has 1 N–H and O–H groups in total. The topological polar surface area (TPSA) is 75.4 Å². The predicted molar refractivity (Wildman–Crippen MR) is 83.1 cm³/mol. The molecule has 0 unspecified atom stereocenters. The highest BCUT2D eigenvalue weighted by atomic mass is 35.5. The molecule has 1 aromatic heterocycles. The van der Waals surface area contributed by atoms with Gasteiger partial charge in [-0.15, -0.1) is 0 Å². The van der Waals surface area contributed by atoms with Crippen LogP contribution in [0, 0.1) is 12.8 Å². The predicted octanol–water partition coefficient (Wildman–Crippen LogP) is 2.58. The molecule has 0 bridgehead atoms. The SMILES string of the molecule is CCn1nc(C)c(C(=O)N2CCC[C@H](CCC(=O)O)C2)c1Cl. The second-order valence-corrected chi connectivity index (χ2v) is 6.12. The molecular formula is C15H22ClN3O3. The van der Waals surface area contributed by atoms with Gasteiger partial charge in [0.25, 0.3) is 5.91 Å². The highest BCUT2D eigenvalue weighted by Gasteiger charge is 2.29. The van der Waals surface area contributed by atoms with Gasteiger partial charge in [0.2, 0.25) is 0 Å². The van der Waals surface area contributed by atoms with E-state index in [1.54, 1.807) is 16.5 Å². The zero-order valence-electron chi connectivity index (χ0n) is 13.0. The Morgan fingerprint density at radius 2 is 2.18 bits per heavy atom. The lowest BCUT2D eigenvalue weighted by molar-refractivity contribution is -0.137. The number of aliphatic carboxylic acids is 1. The van der Waals surface area contributed by atoms with Gasteiger partial charge in [0.1, 0.15) is 5.15 Å². The Morgan fingerprint density at radius 1 is 1.45 bits per heavy atom. The molecule has 1 amide bonds. The first-order chi connectivity index (χ1) is 10.4. The zero-order valence-corrected chi connectivity index (χ0v) is 13.8. The highest BCUT2D eigenvalue weighted by Crippen LogP contribution is 2.26. The number of rotatable bonds is 5. The van der Waals surface area contributed by atoms with Gasteiger partial charge in [-0.3, -0.25) is 14.3 Å². The smallest absolute Gasteiger partial charge is 0.303 e. The molecule has 1 aromatic rings. The largest absolute Gasteiger partial charge is 0.481 e. The van der Waals surface area contributed by atoms with Gasteiger partial charge in [-0.05, 0) is 39.0 Å². The number of halogens is 1. The average Bonchev–Trinajstić information content (AvgIpc) is 2.79. The van der Waals surface area contributed by atoms with E-state index >= 15 is 0 Å². The van der Waals surface area contributed by atoms with Gasteiger partial charge in [-0.1, -0.05) is 11.6 Å². The van der Waals surface area contributed by atoms with Crippen LogP contribution in [-0.4, -0.2) is 44.8 Å². The lowest BCUT2D eigenvalue weighted by atomic mass is 9.93. The molecule has 2 rings (SSSR count). The summed E-state index contributed by atoms with van der Waals surface area (Å²) in [6.45, 7) is 5.62. The fourth-order valence-electron chi connectivity index (χ4n) is 2.98. The zero-order chi connectivity index (χ0) is 16.3. The molecule has 122 valence electrons. The lowest BCUT2D eigenvalue weighted by Crippen LogP contribution is -2.40. The Labute approximate surface area is 135 Å². The number of carbonyl (C=O) groups excluding carboxylic acids is 1.